The first-order chi connectivity index (χ1) is 9.38. The number of rotatable bonds is 3. The fourth-order valence-corrected chi connectivity index (χ4v) is 2.38. The number of ether oxygens (including phenoxy) is 1. The van der Waals surface area contributed by atoms with Crippen LogP contribution < -0.4 is 10.1 Å². The van der Waals surface area contributed by atoms with Gasteiger partial charge in [0.2, 0.25) is 5.91 Å². The minimum Gasteiger partial charge on any atom is -0.508 e. The number of carbonyl (C=O) groups is 1. The highest BCUT2D eigenvalue weighted by atomic mass is 16.5. The number of aromatic hydroxyl groups is 1. The third kappa shape index (κ3) is 3.44. The molecule has 0 bridgehead atoms. The largest absolute Gasteiger partial charge is 0.508 e. The lowest BCUT2D eigenvalue weighted by Gasteiger charge is -2.26. The molecule has 2 rings (SSSR count). The summed E-state index contributed by atoms with van der Waals surface area (Å²) in [6.45, 7) is 7.06. The standard InChI is InChI=1S/C16H23NO3/c1-16(2,3)15(19)17-8-6-11-7-9-20-14-5-4-12(18)10-13(11)14/h4-5,10-11,18H,6-9H2,1-3H3,(H,17,19). The molecule has 1 atom stereocenters. The Labute approximate surface area is 120 Å². The van der Waals surface area contributed by atoms with Gasteiger partial charge >= 0.3 is 0 Å². The smallest absolute Gasteiger partial charge is 0.225 e. The normalized spacial score (nSPS) is 18.1. The SMILES string of the molecule is CC(C)(C)C(=O)NCCC1CCOc2ccc(O)cc21. The molecule has 0 saturated heterocycles. The van der Waals surface area contributed by atoms with Crippen LogP contribution in [-0.2, 0) is 4.79 Å². The zero-order valence-electron chi connectivity index (χ0n) is 12.4. The molecule has 0 spiro atoms. The van der Waals surface area contributed by atoms with Gasteiger partial charge in [0.05, 0.1) is 6.61 Å². The quantitative estimate of drug-likeness (QED) is 0.893. The molecular weight excluding hydrogens is 254 g/mol. The summed E-state index contributed by atoms with van der Waals surface area (Å²) < 4.78 is 5.59. The third-order valence-electron chi connectivity index (χ3n) is 3.62. The molecule has 1 aromatic rings. The van der Waals surface area contributed by atoms with Crippen molar-refractivity contribution in [3.8, 4) is 11.5 Å². The molecule has 1 aromatic carbocycles. The van der Waals surface area contributed by atoms with E-state index in [1.165, 1.54) is 0 Å². The number of hydrogen-bond donors (Lipinski definition) is 2. The van der Waals surface area contributed by atoms with E-state index in [-0.39, 0.29) is 17.1 Å². The molecule has 4 heteroatoms. The van der Waals surface area contributed by atoms with E-state index in [0.717, 1.165) is 24.2 Å². The lowest BCUT2D eigenvalue weighted by molar-refractivity contribution is -0.128. The maximum Gasteiger partial charge on any atom is 0.225 e. The molecule has 1 amide bonds. The summed E-state index contributed by atoms with van der Waals surface area (Å²) in [5, 5.41) is 12.6. The zero-order chi connectivity index (χ0) is 14.8. The number of fused-ring (bicyclic) bond motifs is 1. The molecule has 0 saturated carbocycles. The van der Waals surface area contributed by atoms with Gasteiger partial charge in [-0.05, 0) is 37.0 Å². The monoisotopic (exact) mass is 277 g/mol. The van der Waals surface area contributed by atoms with Crippen molar-refractivity contribution in [1.29, 1.82) is 0 Å². The van der Waals surface area contributed by atoms with Crippen molar-refractivity contribution in [2.75, 3.05) is 13.2 Å². The van der Waals surface area contributed by atoms with E-state index in [1.807, 2.05) is 26.8 Å². The van der Waals surface area contributed by atoms with Crippen molar-refractivity contribution in [3.05, 3.63) is 23.8 Å². The van der Waals surface area contributed by atoms with Gasteiger partial charge in [-0.25, -0.2) is 0 Å². The van der Waals surface area contributed by atoms with Crippen LogP contribution in [0.2, 0.25) is 0 Å². The average Bonchev–Trinajstić information content (AvgIpc) is 2.38. The Kier molecular flexibility index (Phi) is 4.21. The Morgan fingerprint density at radius 2 is 2.20 bits per heavy atom. The summed E-state index contributed by atoms with van der Waals surface area (Å²) in [7, 11) is 0. The molecule has 1 unspecified atom stereocenters. The Bertz CT molecular complexity index is 491. The maximum absolute atomic E-state index is 11.8. The van der Waals surface area contributed by atoms with Crippen molar-refractivity contribution in [2.45, 2.75) is 39.5 Å². The van der Waals surface area contributed by atoms with Crippen LogP contribution in [0.15, 0.2) is 18.2 Å². The number of phenols is 1. The van der Waals surface area contributed by atoms with E-state index in [0.29, 0.717) is 19.1 Å². The Balaban J connectivity index is 1.95. The minimum atomic E-state index is -0.355. The van der Waals surface area contributed by atoms with Crippen molar-refractivity contribution >= 4 is 5.91 Å². The average molecular weight is 277 g/mol. The first-order valence-corrected chi connectivity index (χ1v) is 7.12. The van der Waals surface area contributed by atoms with Gasteiger partial charge in [-0.2, -0.15) is 0 Å². The predicted molar refractivity (Wildman–Crippen MR) is 78.0 cm³/mol. The van der Waals surface area contributed by atoms with Crippen LogP contribution in [0, 0.1) is 5.41 Å². The van der Waals surface area contributed by atoms with Gasteiger partial charge in [0.1, 0.15) is 11.5 Å². The van der Waals surface area contributed by atoms with Gasteiger partial charge in [-0.15, -0.1) is 0 Å². The Hall–Kier alpha value is -1.71. The summed E-state index contributed by atoms with van der Waals surface area (Å²) in [5.74, 6) is 1.51. The van der Waals surface area contributed by atoms with Crippen molar-refractivity contribution < 1.29 is 14.6 Å². The molecule has 0 aromatic heterocycles. The van der Waals surface area contributed by atoms with E-state index in [4.69, 9.17) is 4.74 Å². The molecule has 0 aliphatic carbocycles. The third-order valence-corrected chi connectivity index (χ3v) is 3.62. The number of amides is 1. The fourth-order valence-electron chi connectivity index (χ4n) is 2.38. The molecule has 20 heavy (non-hydrogen) atoms. The first kappa shape index (κ1) is 14.7. The second kappa shape index (κ2) is 5.73. The van der Waals surface area contributed by atoms with E-state index in [1.54, 1.807) is 12.1 Å². The second-order valence-electron chi connectivity index (χ2n) is 6.35. The van der Waals surface area contributed by atoms with E-state index in [9.17, 15) is 9.90 Å². The van der Waals surface area contributed by atoms with Crippen LogP contribution in [0.4, 0.5) is 0 Å². The highest BCUT2D eigenvalue weighted by Gasteiger charge is 2.24. The molecule has 1 aliphatic heterocycles. The zero-order valence-corrected chi connectivity index (χ0v) is 12.4. The summed E-state index contributed by atoms with van der Waals surface area (Å²) >= 11 is 0. The van der Waals surface area contributed by atoms with Crippen molar-refractivity contribution in [1.82, 2.24) is 5.32 Å². The van der Waals surface area contributed by atoms with Crippen LogP contribution in [0.1, 0.15) is 45.1 Å². The van der Waals surface area contributed by atoms with Crippen molar-refractivity contribution in [3.63, 3.8) is 0 Å². The summed E-state index contributed by atoms with van der Waals surface area (Å²) in [4.78, 5) is 11.8. The lowest BCUT2D eigenvalue weighted by atomic mass is 9.89. The molecule has 1 aliphatic rings. The fraction of sp³-hybridized carbons (Fsp3) is 0.562. The topological polar surface area (TPSA) is 58.6 Å². The summed E-state index contributed by atoms with van der Waals surface area (Å²) in [6.07, 6.45) is 1.78. The van der Waals surface area contributed by atoms with E-state index < -0.39 is 0 Å². The van der Waals surface area contributed by atoms with E-state index >= 15 is 0 Å². The van der Waals surface area contributed by atoms with Gasteiger partial charge in [-0.3, -0.25) is 4.79 Å². The van der Waals surface area contributed by atoms with Crippen LogP contribution in [0.3, 0.4) is 0 Å². The molecule has 2 N–H and O–H groups in total. The molecule has 0 radical (unpaired) electrons. The molecule has 4 nitrogen and oxygen atoms in total. The number of benzene rings is 1. The second-order valence-corrected chi connectivity index (χ2v) is 6.35. The first-order valence-electron chi connectivity index (χ1n) is 7.12. The van der Waals surface area contributed by atoms with Crippen molar-refractivity contribution in [2.24, 2.45) is 5.41 Å². The number of phenolic OH excluding ortho intramolecular Hbond substituents is 1. The van der Waals surface area contributed by atoms with Crippen LogP contribution in [0.5, 0.6) is 11.5 Å². The van der Waals surface area contributed by atoms with Gasteiger partial charge in [0.25, 0.3) is 0 Å². The lowest BCUT2D eigenvalue weighted by Crippen LogP contribution is -2.36. The molecule has 110 valence electrons. The van der Waals surface area contributed by atoms with Gasteiger partial charge in [-0.1, -0.05) is 20.8 Å². The number of nitrogens with one attached hydrogen (secondary N) is 1. The van der Waals surface area contributed by atoms with Gasteiger partial charge < -0.3 is 15.2 Å². The number of carbonyl (C=O) groups excluding carboxylic acids is 1. The van der Waals surface area contributed by atoms with Gasteiger partial charge in [0, 0.05) is 17.5 Å². The maximum atomic E-state index is 11.8. The van der Waals surface area contributed by atoms with Crippen LogP contribution >= 0.6 is 0 Å². The predicted octanol–water partition coefficient (Wildman–Crippen LogP) is 2.81. The number of hydrogen-bond acceptors (Lipinski definition) is 3. The van der Waals surface area contributed by atoms with Crippen LogP contribution in [0.25, 0.3) is 0 Å². The summed E-state index contributed by atoms with van der Waals surface area (Å²) in [5.41, 5.74) is 0.688. The van der Waals surface area contributed by atoms with Crippen LogP contribution in [-0.4, -0.2) is 24.2 Å². The molecular formula is C16H23NO3. The minimum absolute atomic E-state index is 0.0701. The van der Waals surface area contributed by atoms with Gasteiger partial charge in [0.15, 0.2) is 0 Å². The highest BCUT2D eigenvalue weighted by molar-refractivity contribution is 5.81. The molecule has 1 heterocycles. The van der Waals surface area contributed by atoms with E-state index in [2.05, 4.69) is 5.32 Å². The highest BCUT2D eigenvalue weighted by Crippen LogP contribution is 2.37. The Morgan fingerprint density at radius 1 is 1.45 bits per heavy atom. The summed E-state index contributed by atoms with van der Waals surface area (Å²) in [6, 6.07) is 5.22. The molecule has 0 fully saturated rings. The Morgan fingerprint density at radius 3 is 2.90 bits per heavy atom.